The monoisotopic (exact) mass is 408 g/mol. The maximum Gasteiger partial charge on any atom is 0.191 e. The third-order valence-electron chi connectivity index (χ3n) is 2.67. The third-order valence-corrected chi connectivity index (χ3v) is 3.37. The Balaban J connectivity index is 0.00000361. The summed E-state index contributed by atoms with van der Waals surface area (Å²) in [6, 6.07) is 6.05. The second kappa shape index (κ2) is 12.3. The van der Waals surface area contributed by atoms with Crippen LogP contribution in [0.4, 0.5) is 0 Å². The van der Waals surface area contributed by atoms with E-state index in [-0.39, 0.29) is 24.0 Å². The normalized spacial score (nSPS) is 10.8. The van der Waals surface area contributed by atoms with E-state index in [4.69, 9.17) is 0 Å². The van der Waals surface area contributed by atoms with Gasteiger partial charge in [-0.15, -0.1) is 24.0 Å². The first kappa shape index (κ1) is 19.5. The molecule has 0 saturated heterocycles. The van der Waals surface area contributed by atoms with Gasteiger partial charge in [0.15, 0.2) is 5.96 Å². The minimum atomic E-state index is 0. The first-order valence-corrected chi connectivity index (χ1v) is 8.01. The fraction of sp³-hybridized carbons (Fsp3) is 0.571. The average molecular weight is 408 g/mol. The third kappa shape index (κ3) is 8.63. The first-order chi connectivity index (χ1) is 9.26. The van der Waals surface area contributed by atoms with E-state index in [1.807, 2.05) is 36.9 Å². The highest BCUT2D eigenvalue weighted by atomic mass is 127. The quantitative estimate of drug-likeness (QED) is 0.315. The molecule has 6 heteroatoms. The predicted molar refractivity (Wildman–Crippen MR) is 100 cm³/mol. The Hall–Kier alpha value is -0.500. The van der Waals surface area contributed by atoms with Crippen LogP contribution < -0.4 is 10.6 Å². The number of nitrogens with one attached hydrogen (secondary N) is 2. The van der Waals surface area contributed by atoms with Gasteiger partial charge in [0.2, 0.25) is 0 Å². The first-order valence-electron chi connectivity index (χ1n) is 6.62. The number of rotatable bonds is 7. The second-order valence-electron chi connectivity index (χ2n) is 4.32. The summed E-state index contributed by atoms with van der Waals surface area (Å²) in [7, 11) is 1.79. The molecule has 0 saturated carbocycles. The van der Waals surface area contributed by atoms with Gasteiger partial charge in [-0.05, 0) is 43.9 Å². The SMILES string of the molecule is CN=C(NCCCCSC)NCc1cccc(C)n1.I. The van der Waals surface area contributed by atoms with Gasteiger partial charge in [0.25, 0.3) is 0 Å². The summed E-state index contributed by atoms with van der Waals surface area (Å²) in [6.07, 6.45) is 4.55. The molecule has 4 nitrogen and oxygen atoms in total. The van der Waals surface area contributed by atoms with Crippen molar-refractivity contribution in [3.8, 4) is 0 Å². The van der Waals surface area contributed by atoms with Gasteiger partial charge in [-0.2, -0.15) is 11.8 Å². The van der Waals surface area contributed by atoms with Gasteiger partial charge in [-0.25, -0.2) is 0 Å². The Morgan fingerprint density at radius 1 is 1.30 bits per heavy atom. The standard InChI is InChI=1S/C14H24N4S.HI/c1-12-7-6-8-13(18-12)11-17-14(15-2)16-9-4-5-10-19-3;/h6-8H,4-5,9-11H2,1-3H3,(H2,15,16,17);1H. The second-order valence-corrected chi connectivity index (χ2v) is 5.31. The highest BCUT2D eigenvalue weighted by molar-refractivity contribution is 14.0. The molecule has 1 heterocycles. The molecule has 0 atom stereocenters. The highest BCUT2D eigenvalue weighted by Gasteiger charge is 1.99. The van der Waals surface area contributed by atoms with Gasteiger partial charge in [-0.3, -0.25) is 9.98 Å². The van der Waals surface area contributed by atoms with Crippen LogP contribution in [0.2, 0.25) is 0 Å². The predicted octanol–water partition coefficient (Wildman–Crippen LogP) is 2.82. The molecule has 0 fully saturated rings. The van der Waals surface area contributed by atoms with E-state index in [0.29, 0.717) is 6.54 Å². The van der Waals surface area contributed by atoms with Crippen LogP contribution in [0.5, 0.6) is 0 Å². The molecule has 0 aliphatic heterocycles. The van der Waals surface area contributed by atoms with Crippen molar-refractivity contribution in [3.05, 3.63) is 29.6 Å². The van der Waals surface area contributed by atoms with Crippen molar-refractivity contribution in [1.82, 2.24) is 15.6 Å². The summed E-state index contributed by atoms with van der Waals surface area (Å²) < 4.78 is 0. The number of nitrogens with zero attached hydrogens (tertiary/aromatic N) is 2. The summed E-state index contributed by atoms with van der Waals surface area (Å²) in [6.45, 7) is 3.66. The zero-order chi connectivity index (χ0) is 13.9. The van der Waals surface area contributed by atoms with Gasteiger partial charge < -0.3 is 10.6 Å². The number of unbranched alkanes of at least 4 members (excludes halogenated alkanes) is 1. The van der Waals surface area contributed by atoms with Crippen molar-refractivity contribution >= 4 is 41.7 Å². The Bertz CT molecular complexity index is 399. The Morgan fingerprint density at radius 2 is 2.10 bits per heavy atom. The number of halogens is 1. The fourth-order valence-electron chi connectivity index (χ4n) is 1.67. The van der Waals surface area contributed by atoms with Crippen molar-refractivity contribution in [2.45, 2.75) is 26.3 Å². The number of aromatic nitrogens is 1. The maximum atomic E-state index is 4.45. The Kier molecular flexibility index (Phi) is 12.0. The Morgan fingerprint density at radius 3 is 2.75 bits per heavy atom. The highest BCUT2D eigenvalue weighted by Crippen LogP contribution is 1.98. The van der Waals surface area contributed by atoms with E-state index >= 15 is 0 Å². The fourth-order valence-corrected chi connectivity index (χ4v) is 2.16. The van der Waals surface area contributed by atoms with Crippen LogP contribution in [0.25, 0.3) is 0 Å². The van der Waals surface area contributed by atoms with E-state index < -0.39 is 0 Å². The lowest BCUT2D eigenvalue weighted by Crippen LogP contribution is -2.37. The van der Waals surface area contributed by atoms with Crippen LogP contribution in [0.1, 0.15) is 24.2 Å². The molecule has 0 radical (unpaired) electrons. The summed E-state index contributed by atoms with van der Waals surface area (Å²) >= 11 is 1.89. The average Bonchev–Trinajstić information content (AvgIpc) is 2.42. The minimum Gasteiger partial charge on any atom is -0.356 e. The van der Waals surface area contributed by atoms with Crippen LogP contribution in [0, 0.1) is 6.92 Å². The summed E-state index contributed by atoms with van der Waals surface area (Å²) in [4.78, 5) is 8.66. The zero-order valence-corrected chi connectivity index (χ0v) is 15.6. The van der Waals surface area contributed by atoms with Crippen LogP contribution in [-0.4, -0.2) is 36.5 Å². The topological polar surface area (TPSA) is 49.3 Å². The van der Waals surface area contributed by atoms with Crippen LogP contribution in [0.3, 0.4) is 0 Å². The van der Waals surface area contributed by atoms with Crippen molar-refractivity contribution in [3.63, 3.8) is 0 Å². The number of hydrogen-bond acceptors (Lipinski definition) is 3. The molecule has 2 N–H and O–H groups in total. The lowest BCUT2D eigenvalue weighted by atomic mass is 10.3. The number of aryl methyl sites for hydroxylation is 1. The van der Waals surface area contributed by atoms with E-state index in [2.05, 4.69) is 26.9 Å². The van der Waals surface area contributed by atoms with Crippen molar-refractivity contribution < 1.29 is 0 Å². The van der Waals surface area contributed by atoms with Crippen LogP contribution >= 0.6 is 35.7 Å². The molecule has 114 valence electrons. The number of thioether (sulfide) groups is 1. The molecule has 0 spiro atoms. The molecule has 20 heavy (non-hydrogen) atoms. The molecule has 1 aromatic rings. The molecule has 0 amide bonds. The summed E-state index contributed by atoms with van der Waals surface area (Å²) in [5.41, 5.74) is 2.07. The molecular weight excluding hydrogens is 383 g/mol. The van der Waals surface area contributed by atoms with Gasteiger partial charge in [-0.1, -0.05) is 6.07 Å². The van der Waals surface area contributed by atoms with Crippen molar-refractivity contribution in [2.24, 2.45) is 4.99 Å². The molecule has 1 rings (SSSR count). The van der Waals surface area contributed by atoms with Gasteiger partial charge in [0.05, 0.1) is 12.2 Å². The lowest BCUT2D eigenvalue weighted by molar-refractivity contribution is 0.729. The van der Waals surface area contributed by atoms with Gasteiger partial charge in [0, 0.05) is 19.3 Å². The Labute approximate surface area is 143 Å². The van der Waals surface area contributed by atoms with E-state index in [1.165, 1.54) is 18.6 Å². The summed E-state index contributed by atoms with van der Waals surface area (Å²) in [5, 5.41) is 6.59. The molecule has 0 unspecified atom stereocenters. The van der Waals surface area contributed by atoms with Crippen molar-refractivity contribution in [2.75, 3.05) is 25.6 Å². The number of aliphatic imine (C=N–C) groups is 1. The zero-order valence-electron chi connectivity index (χ0n) is 12.5. The molecular formula is C14H25IN4S. The van der Waals surface area contributed by atoms with E-state index in [0.717, 1.165) is 23.9 Å². The minimum absolute atomic E-state index is 0. The number of pyridine rings is 1. The van der Waals surface area contributed by atoms with Crippen molar-refractivity contribution in [1.29, 1.82) is 0 Å². The maximum absolute atomic E-state index is 4.45. The van der Waals surface area contributed by atoms with Crippen LogP contribution in [-0.2, 0) is 6.54 Å². The smallest absolute Gasteiger partial charge is 0.191 e. The summed E-state index contributed by atoms with van der Waals surface area (Å²) in [5.74, 6) is 2.06. The molecule has 1 aromatic heterocycles. The lowest BCUT2D eigenvalue weighted by Gasteiger charge is -2.11. The number of hydrogen-bond donors (Lipinski definition) is 2. The number of guanidine groups is 1. The largest absolute Gasteiger partial charge is 0.356 e. The van der Waals surface area contributed by atoms with E-state index in [9.17, 15) is 0 Å². The molecule has 0 bridgehead atoms. The van der Waals surface area contributed by atoms with E-state index in [1.54, 1.807) is 7.05 Å². The molecule has 0 aliphatic rings. The van der Waals surface area contributed by atoms with Gasteiger partial charge in [0.1, 0.15) is 0 Å². The molecule has 0 aliphatic carbocycles. The van der Waals surface area contributed by atoms with Gasteiger partial charge >= 0.3 is 0 Å². The molecule has 0 aromatic carbocycles. The van der Waals surface area contributed by atoms with Crippen LogP contribution in [0.15, 0.2) is 23.2 Å².